The zero-order valence-electron chi connectivity index (χ0n) is 21.1. The molecule has 0 spiro atoms. The molecule has 2 saturated heterocycles. The number of aliphatic hydroxyl groups is 3. The van der Waals surface area contributed by atoms with Crippen molar-refractivity contribution in [3.05, 3.63) is 25.3 Å². The van der Waals surface area contributed by atoms with Gasteiger partial charge < -0.3 is 41.0 Å². The third-order valence-electron chi connectivity index (χ3n) is 6.72. The van der Waals surface area contributed by atoms with E-state index in [9.17, 15) is 19.9 Å². The number of thiol groups is 1. The van der Waals surface area contributed by atoms with Crippen molar-refractivity contribution in [1.82, 2.24) is 39.0 Å². The fraction of sp³-hybridized carbons (Fsp3) is 0.500. The van der Waals surface area contributed by atoms with Crippen LogP contribution < -0.4 is 11.5 Å². The predicted molar refractivity (Wildman–Crippen MR) is 140 cm³/mol. The van der Waals surface area contributed by atoms with Gasteiger partial charge in [0.25, 0.3) is 0 Å². The zero-order valence-corrected chi connectivity index (χ0v) is 22.8. The Morgan fingerprint density at radius 2 is 1.46 bits per heavy atom. The van der Waals surface area contributed by atoms with Gasteiger partial charge in [0.15, 0.2) is 41.7 Å². The molecule has 4 aromatic heterocycles. The van der Waals surface area contributed by atoms with Crippen LogP contribution >= 0.6 is 19.0 Å². The second kappa shape index (κ2) is 10.7. The minimum Gasteiger partial charge on any atom is -0.387 e. The third-order valence-corrected chi connectivity index (χ3v) is 8.33. The Hall–Kier alpha value is -3.04. The number of aromatic nitrogens is 8. The highest BCUT2D eigenvalue weighted by atomic mass is 32.7. The van der Waals surface area contributed by atoms with Gasteiger partial charge in [0, 0.05) is 7.11 Å². The van der Waals surface area contributed by atoms with Gasteiger partial charge in [-0.05, 0) is 0 Å². The molecule has 7 N–H and O–H groups in total. The smallest absolute Gasteiger partial charge is 0.386 e. The molecule has 5 unspecified atom stereocenters. The molecule has 19 nitrogen and oxygen atoms in total. The lowest BCUT2D eigenvalue weighted by molar-refractivity contribution is -0.157. The molecule has 0 amide bonds. The number of nitrogens with zero attached hydrogens (tertiary/aromatic N) is 8. The number of methoxy groups -OCH3 is 1. The molecular formula is C20H25N10O9PS. The van der Waals surface area contributed by atoms with Gasteiger partial charge in [-0.25, -0.2) is 34.5 Å². The maximum Gasteiger partial charge on any atom is 0.386 e. The molecule has 9 atom stereocenters. The van der Waals surface area contributed by atoms with E-state index in [0.717, 1.165) is 0 Å². The molecule has 2 fully saturated rings. The van der Waals surface area contributed by atoms with Crippen LogP contribution in [0.1, 0.15) is 12.5 Å². The largest absolute Gasteiger partial charge is 0.387 e. The Morgan fingerprint density at radius 3 is 2.02 bits per heavy atom. The summed E-state index contributed by atoms with van der Waals surface area (Å²) in [4.78, 5) is 24.2. The van der Waals surface area contributed by atoms with Crippen molar-refractivity contribution in [2.45, 2.75) is 49.3 Å². The second-order valence-corrected chi connectivity index (χ2v) is 12.0. The van der Waals surface area contributed by atoms with Crippen LogP contribution in [0.5, 0.6) is 0 Å². The molecular weight excluding hydrogens is 587 g/mol. The summed E-state index contributed by atoms with van der Waals surface area (Å²) in [6.07, 6.45) is -5.11. The highest BCUT2D eigenvalue weighted by Gasteiger charge is 2.50. The zero-order chi connectivity index (χ0) is 29.1. The van der Waals surface area contributed by atoms with Crippen molar-refractivity contribution in [2.75, 3.05) is 25.2 Å². The third kappa shape index (κ3) is 4.91. The highest BCUT2D eigenvalue weighted by molar-refractivity contribution is 8.44. The first-order valence-electron chi connectivity index (χ1n) is 12.0. The summed E-state index contributed by atoms with van der Waals surface area (Å²) in [7, 11) is 1.30. The summed E-state index contributed by atoms with van der Waals surface area (Å²) in [5.74, 6) is 0.260. The number of imidazole rings is 2. The lowest BCUT2D eigenvalue weighted by Crippen LogP contribution is -2.35. The maximum atomic E-state index is 13.2. The van der Waals surface area contributed by atoms with Crippen molar-refractivity contribution < 1.29 is 43.1 Å². The molecule has 21 heteroatoms. The van der Waals surface area contributed by atoms with Gasteiger partial charge in [0.2, 0.25) is 0 Å². The number of ether oxygens (including phenoxy) is 3. The van der Waals surface area contributed by atoms with E-state index < -0.39 is 62.7 Å². The van der Waals surface area contributed by atoms with E-state index in [2.05, 4.69) is 42.2 Å². The Balaban J connectivity index is 1.14. The van der Waals surface area contributed by atoms with Gasteiger partial charge in [-0.1, -0.05) is 12.2 Å². The van der Waals surface area contributed by atoms with Crippen molar-refractivity contribution >= 4 is 53.0 Å². The molecule has 6 heterocycles. The Morgan fingerprint density at radius 1 is 0.902 bits per heavy atom. The van der Waals surface area contributed by atoms with E-state index in [1.54, 1.807) is 0 Å². The normalized spacial score (nSPS) is 31.7. The monoisotopic (exact) mass is 612 g/mol. The number of nitrogen functional groups attached to an aromatic ring is 2. The standard InChI is InChI=1S/C20H25N10O9PS/c1-35-20-13(12(33)19(38-20)30-6-28-9-15(22)24-4-26-17(9)30)39-40(34,41)36-2-7-10(31)11(32)18(37-7)29-5-27-8-14(21)23-3-25-16(8)29/h3-7,10-13,18-20,31-33H,2H2,1H3,(H,34,41)(H2,21,23,25)(H2,22,24,26)/t7-,10?,11?,12?,13?,18-,19-,20+,40?/m1/s1. The van der Waals surface area contributed by atoms with Crippen LogP contribution in [-0.4, -0.2) is 105 Å². The topological polar surface area (TPSA) is 263 Å². The van der Waals surface area contributed by atoms with Gasteiger partial charge in [-0.15, -0.1) is 0 Å². The summed E-state index contributed by atoms with van der Waals surface area (Å²) in [6, 6.07) is 0. The van der Waals surface area contributed by atoms with Gasteiger partial charge in [-0.3, -0.25) is 18.2 Å². The molecule has 0 aromatic carbocycles. The number of fused-ring (bicyclic) bond motifs is 2. The fourth-order valence-electron chi connectivity index (χ4n) is 4.71. The van der Waals surface area contributed by atoms with E-state index in [-0.39, 0.29) is 28.4 Å². The summed E-state index contributed by atoms with van der Waals surface area (Å²) in [5, 5.41) is 32.3. The molecule has 220 valence electrons. The lowest BCUT2D eigenvalue weighted by atomic mass is 10.1. The van der Waals surface area contributed by atoms with E-state index in [4.69, 9.17) is 34.7 Å². The molecule has 0 radical (unpaired) electrons. The Bertz CT molecular complexity index is 1620. The Kier molecular flexibility index (Phi) is 7.30. The molecule has 0 aliphatic carbocycles. The van der Waals surface area contributed by atoms with Crippen LogP contribution in [0.4, 0.5) is 11.6 Å². The second-order valence-electron chi connectivity index (χ2n) is 9.17. The first kappa shape index (κ1) is 28.1. The fourth-order valence-corrected chi connectivity index (χ4v) is 6.17. The minimum absolute atomic E-state index is 0.128. The number of anilines is 2. The molecule has 41 heavy (non-hydrogen) atoms. The summed E-state index contributed by atoms with van der Waals surface area (Å²) in [5.41, 5.74) is 12.8. The molecule has 2 aliphatic heterocycles. The quantitative estimate of drug-likeness (QED) is 0.100. The van der Waals surface area contributed by atoms with E-state index in [1.165, 1.54) is 41.6 Å². The van der Waals surface area contributed by atoms with Crippen LogP contribution in [0.15, 0.2) is 25.3 Å². The lowest BCUT2D eigenvalue weighted by Gasteiger charge is -2.24. The number of nitrogens with two attached hydrogens (primary N) is 2. The van der Waals surface area contributed by atoms with Crippen molar-refractivity contribution in [3.63, 3.8) is 0 Å². The van der Waals surface area contributed by atoms with E-state index >= 15 is 0 Å². The maximum absolute atomic E-state index is 13.2. The van der Waals surface area contributed by atoms with Gasteiger partial charge in [0.1, 0.15) is 54.2 Å². The summed E-state index contributed by atoms with van der Waals surface area (Å²) >= 11 is 4.01. The first-order valence-corrected chi connectivity index (χ1v) is 14.7. The molecule has 4 aromatic rings. The molecule has 0 bridgehead atoms. The number of hydrogen-bond donors (Lipinski definition) is 6. The van der Waals surface area contributed by atoms with Crippen LogP contribution in [0.2, 0.25) is 0 Å². The van der Waals surface area contributed by atoms with Crippen molar-refractivity contribution in [3.8, 4) is 0 Å². The minimum atomic E-state index is -4.24. The van der Waals surface area contributed by atoms with Crippen LogP contribution in [0.3, 0.4) is 0 Å². The van der Waals surface area contributed by atoms with Crippen LogP contribution in [-0.2, 0) is 27.8 Å². The SMILES string of the molecule is CO[C@H]1O[C@@H](n2cnc3c(N)ncnc32)C(O)C1OP(=O)(S)OC[C@H]1O[C@@H](n2cnc3c(N)ncnc32)C(O)C1O. The summed E-state index contributed by atoms with van der Waals surface area (Å²) < 4.78 is 43.7. The predicted octanol–water partition coefficient (Wildman–Crippen LogP) is -1.25. The summed E-state index contributed by atoms with van der Waals surface area (Å²) in [6.45, 7) is -4.75. The first-order chi connectivity index (χ1) is 19.6. The van der Waals surface area contributed by atoms with Crippen molar-refractivity contribution in [2.24, 2.45) is 0 Å². The average Bonchev–Trinajstić information content (AvgIpc) is 3.70. The van der Waals surface area contributed by atoms with Gasteiger partial charge in [0.05, 0.1) is 19.3 Å². The van der Waals surface area contributed by atoms with Gasteiger partial charge >= 0.3 is 6.80 Å². The highest BCUT2D eigenvalue weighted by Crippen LogP contribution is 2.56. The van der Waals surface area contributed by atoms with E-state index in [1.807, 2.05) is 0 Å². The number of rotatable bonds is 8. The molecule has 0 saturated carbocycles. The average molecular weight is 613 g/mol. The molecule has 6 rings (SSSR count). The van der Waals surface area contributed by atoms with E-state index in [0.29, 0.717) is 5.52 Å². The number of aliphatic hydroxyl groups excluding tert-OH is 3. The molecule has 2 aliphatic rings. The van der Waals surface area contributed by atoms with Crippen LogP contribution in [0.25, 0.3) is 22.3 Å². The van der Waals surface area contributed by atoms with Crippen molar-refractivity contribution in [1.29, 1.82) is 0 Å². The Labute approximate surface area is 235 Å². The number of hydrogen-bond acceptors (Lipinski definition) is 17. The van der Waals surface area contributed by atoms with Crippen LogP contribution in [0, 0.1) is 0 Å². The van der Waals surface area contributed by atoms with Gasteiger partial charge in [-0.2, -0.15) is 0 Å².